The number of rotatable bonds is 7. The average Bonchev–Trinajstić information content (AvgIpc) is 3.06. The van der Waals surface area contributed by atoms with Crippen LogP contribution in [0.2, 0.25) is 0 Å². The molecular formula is C17H19BrN2O2S. The molecule has 0 saturated carbocycles. The van der Waals surface area contributed by atoms with Crippen molar-refractivity contribution in [1.29, 1.82) is 0 Å². The van der Waals surface area contributed by atoms with Crippen molar-refractivity contribution in [3.8, 4) is 0 Å². The van der Waals surface area contributed by atoms with Crippen LogP contribution in [0, 0.1) is 0 Å². The second-order valence-corrected chi connectivity index (χ2v) is 6.82. The first-order valence-electron chi connectivity index (χ1n) is 7.42. The van der Waals surface area contributed by atoms with E-state index in [-0.39, 0.29) is 17.9 Å². The Morgan fingerprint density at radius 2 is 2.04 bits per heavy atom. The smallest absolute Gasteiger partial charge is 0.252 e. The zero-order chi connectivity index (χ0) is 16.7. The number of carbonyl (C=O) groups is 2. The number of thiophene rings is 1. The predicted molar refractivity (Wildman–Crippen MR) is 96.6 cm³/mol. The van der Waals surface area contributed by atoms with E-state index in [9.17, 15) is 9.59 Å². The van der Waals surface area contributed by atoms with Gasteiger partial charge in [-0.05, 0) is 36.4 Å². The summed E-state index contributed by atoms with van der Waals surface area (Å²) in [6.07, 6.45) is 1.00. The van der Waals surface area contributed by atoms with Gasteiger partial charge in [0.2, 0.25) is 5.91 Å². The highest BCUT2D eigenvalue weighted by Gasteiger charge is 2.12. The summed E-state index contributed by atoms with van der Waals surface area (Å²) in [6.45, 7) is 2.45. The number of amides is 2. The molecule has 0 fully saturated rings. The second kappa shape index (κ2) is 8.84. The van der Waals surface area contributed by atoms with Crippen LogP contribution in [0.1, 0.15) is 41.7 Å². The number of hydrogen-bond acceptors (Lipinski definition) is 3. The van der Waals surface area contributed by atoms with Crippen LogP contribution in [0.15, 0.2) is 45.6 Å². The highest BCUT2D eigenvalue weighted by molar-refractivity contribution is 9.10. The van der Waals surface area contributed by atoms with Gasteiger partial charge in [0, 0.05) is 28.4 Å². The summed E-state index contributed by atoms with van der Waals surface area (Å²) in [4.78, 5) is 23.7. The van der Waals surface area contributed by atoms with Crippen molar-refractivity contribution in [1.82, 2.24) is 10.6 Å². The van der Waals surface area contributed by atoms with E-state index in [1.54, 1.807) is 11.4 Å². The zero-order valence-electron chi connectivity index (χ0n) is 12.8. The lowest BCUT2D eigenvalue weighted by atomic mass is 10.1. The maximum Gasteiger partial charge on any atom is 0.252 e. The molecule has 0 aliphatic rings. The largest absolute Gasteiger partial charge is 0.352 e. The standard InChI is InChI=1S/C17H19BrN2O2S/c1-12(14-5-2-3-6-15(14)18)20-16(21)7-4-9-19-17(22)13-8-10-23-11-13/h2-3,5-6,8,10-12H,4,7,9H2,1H3,(H,19,22)(H,20,21)/t12-/m0/s1. The summed E-state index contributed by atoms with van der Waals surface area (Å²) >= 11 is 4.98. The van der Waals surface area contributed by atoms with Crippen LogP contribution in [0.4, 0.5) is 0 Å². The molecule has 1 aromatic heterocycles. The van der Waals surface area contributed by atoms with Crippen molar-refractivity contribution in [2.45, 2.75) is 25.8 Å². The molecule has 0 radical (unpaired) electrons. The van der Waals surface area contributed by atoms with Gasteiger partial charge >= 0.3 is 0 Å². The summed E-state index contributed by atoms with van der Waals surface area (Å²) in [5.74, 6) is -0.105. The van der Waals surface area contributed by atoms with Crippen molar-refractivity contribution in [3.63, 3.8) is 0 Å². The highest BCUT2D eigenvalue weighted by Crippen LogP contribution is 2.22. The van der Waals surface area contributed by atoms with Crippen LogP contribution >= 0.6 is 27.3 Å². The number of carbonyl (C=O) groups excluding carboxylic acids is 2. The number of benzene rings is 1. The van der Waals surface area contributed by atoms with E-state index in [4.69, 9.17) is 0 Å². The van der Waals surface area contributed by atoms with Gasteiger partial charge in [-0.2, -0.15) is 11.3 Å². The Morgan fingerprint density at radius 1 is 1.26 bits per heavy atom. The van der Waals surface area contributed by atoms with Gasteiger partial charge in [0.1, 0.15) is 0 Å². The van der Waals surface area contributed by atoms with Crippen molar-refractivity contribution in [2.24, 2.45) is 0 Å². The molecular weight excluding hydrogens is 376 g/mol. The molecule has 1 aromatic carbocycles. The fourth-order valence-corrected chi connectivity index (χ4v) is 3.43. The van der Waals surface area contributed by atoms with Gasteiger partial charge in [-0.25, -0.2) is 0 Å². The Morgan fingerprint density at radius 3 is 2.74 bits per heavy atom. The Labute approximate surface area is 148 Å². The molecule has 1 heterocycles. The molecule has 0 bridgehead atoms. The van der Waals surface area contributed by atoms with Crippen molar-refractivity contribution < 1.29 is 9.59 Å². The summed E-state index contributed by atoms with van der Waals surface area (Å²) < 4.78 is 0.982. The number of hydrogen-bond donors (Lipinski definition) is 2. The first-order valence-corrected chi connectivity index (χ1v) is 9.15. The third-order valence-electron chi connectivity index (χ3n) is 3.40. The van der Waals surface area contributed by atoms with E-state index in [2.05, 4.69) is 26.6 Å². The van der Waals surface area contributed by atoms with E-state index >= 15 is 0 Å². The summed E-state index contributed by atoms with van der Waals surface area (Å²) in [5, 5.41) is 9.46. The van der Waals surface area contributed by atoms with Crippen LogP contribution < -0.4 is 10.6 Å². The lowest BCUT2D eigenvalue weighted by Gasteiger charge is -2.15. The molecule has 2 rings (SSSR count). The Balaban J connectivity index is 1.69. The summed E-state index contributed by atoms with van der Waals surface area (Å²) in [5.41, 5.74) is 1.72. The molecule has 2 amide bonds. The van der Waals surface area contributed by atoms with Gasteiger partial charge in [-0.15, -0.1) is 0 Å². The minimum Gasteiger partial charge on any atom is -0.352 e. The van der Waals surface area contributed by atoms with Gasteiger partial charge in [0.25, 0.3) is 5.91 Å². The SMILES string of the molecule is C[C@H](NC(=O)CCCNC(=O)c1ccsc1)c1ccccc1Br. The van der Waals surface area contributed by atoms with Gasteiger partial charge in [0.05, 0.1) is 6.04 Å². The Kier molecular flexibility index (Phi) is 6.80. The van der Waals surface area contributed by atoms with E-state index < -0.39 is 0 Å². The van der Waals surface area contributed by atoms with Gasteiger partial charge in [-0.1, -0.05) is 34.1 Å². The third kappa shape index (κ3) is 5.48. The molecule has 122 valence electrons. The summed E-state index contributed by atoms with van der Waals surface area (Å²) in [6, 6.07) is 9.56. The first kappa shape index (κ1) is 17.7. The number of halogens is 1. The molecule has 0 saturated heterocycles. The highest BCUT2D eigenvalue weighted by atomic mass is 79.9. The van der Waals surface area contributed by atoms with Crippen LogP contribution in [0.5, 0.6) is 0 Å². The van der Waals surface area contributed by atoms with Gasteiger partial charge in [0.15, 0.2) is 0 Å². The first-order chi connectivity index (χ1) is 11.1. The molecule has 0 unspecified atom stereocenters. The van der Waals surface area contributed by atoms with E-state index in [1.807, 2.05) is 36.6 Å². The molecule has 0 aliphatic carbocycles. The molecule has 0 spiro atoms. The van der Waals surface area contributed by atoms with Crippen molar-refractivity contribution in [3.05, 3.63) is 56.7 Å². The maximum absolute atomic E-state index is 12.0. The predicted octanol–water partition coefficient (Wildman–Crippen LogP) is 3.90. The third-order valence-corrected chi connectivity index (χ3v) is 4.80. The van der Waals surface area contributed by atoms with E-state index in [1.165, 1.54) is 11.3 Å². The zero-order valence-corrected chi connectivity index (χ0v) is 15.2. The number of nitrogens with one attached hydrogen (secondary N) is 2. The minimum atomic E-state index is -0.0896. The van der Waals surface area contributed by atoms with Crippen LogP contribution in [-0.2, 0) is 4.79 Å². The fourth-order valence-electron chi connectivity index (χ4n) is 2.16. The fraction of sp³-hybridized carbons (Fsp3) is 0.294. The quantitative estimate of drug-likeness (QED) is 0.699. The lowest BCUT2D eigenvalue weighted by Crippen LogP contribution is -2.29. The van der Waals surface area contributed by atoms with E-state index in [0.717, 1.165) is 10.0 Å². The maximum atomic E-state index is 12.0. The second-order valence-electron chi connectivity index (χ2n) is 5.18. The lowest BCUT2D eigenvalue weighted by molar-refractivity contribution is -0.121. The van der Waals surface area contributed by atoms with Crippen LogP contribution in [-0.4, -0.2) is 18.4 Å². The van der Waals surface area contributed by atoms with Crippen LogP contribution in [0.25, 0.3) is 0 Å². The minimum absolute atomic E-state index is 0.0157. The molecule has 2 aromatic rings. The monoisotopic (exact) mass is 394 g/mol. The molecule has 1 atom stereocenters. The molecule has 6 heteroatoms. The van der Waals surface area contributed by atoms with Crippen LogP contribution in [0.3, 0.4) is 0 Å². The topological polar surface area (TPSA) is 58.2 Å². The normalized spacial score (nSPS) is 11.7. The molecule has 4 nitrogen and oxygen atoms in total. The average molecular weight is 395 g/mol. The Hall–Kier alpha value is -1.66. The van der Waals surface area contributed by atoms with Gasteiger partial charge in [-0.3, -0.25) is 9.59 Å². The molecule has 23 heavy (non-hydrogen) atoms. The summed E-state index contributed by atoms with van der Waals surface area (Å²) in [7, 11) is 0. The van der Waals surface area contributed by atoms with Crippen molar-refractivity contribution >= 4 is 39.1 Å². The van der Waals surface area contributed by atoms with Gasteiger partial charge < -0.3 is 10.6 Å². The molecule has 2 N–H and O–H groups in total. The molecule has 0 aliphatic heterocycles. The Bertz CT molecular complexity index is 658. The van der Waals surface area contributed by atoms with E-state index in [0.29, 0.717) is 24.9 Å². The van der Waals surface area contributed by atoms with Crippen molar-refractivity contribution in [2.75, 3.05) is 6.54 Å².